The molecule has 2 atom stereocenters. The fraction of sp³-hybridized carbons (Fsp3) is 0.382. The van der Waals surface area contributed by atoms with E-state index in [1.165, 1.54) is 12.1 Å². The van der Waals surface area contributed by atoms with Crippen molar-refractivity contribution < 1.29 is 18.4 Å². The van der Waals surface area contributed by atoms with Crippen LogP contribution in [0.15, 0.2) is 60.8 Å². The first-order valence-electron chi connectivity index (χ1n) is 14.7. The van der Waals surface area contributed by atoms with Gasteiger partial charge in [0.1, 0.15) is 23.0 Å². The number of benzene rings is 2. The number of likely N-dealkylation sites (N-methyl/N-ethyl adjacent to an activating group) is 1. The lowest BCUT2D eigenvalue weighted by molar-refractivity contribution is -0.162. The van der Waals surface area contributed by atoms with Gasteiger partial charge >= 0.3 is 0 Å². The smallest absolute Gasteiger partial charge is 0.244 e. The standard InChI is InChI=1S/C34H34F2N4O2/c1-32(25-16-26(35)18-27(36)17-25)21-39(2)34(11-3-4-12-34)31(42)40(32)14-6-7-22-9-10-23-19-33(20-24(23)15-22)28-8-5-13-37-29(28)38-30(33)41/h5-10,13,15-18H,3-4,11-12,14,19-21H2,1-2H3,(H,37,38,41)/b7-6+/t32-,33+/m0/s1. The number of anilines is 1. The Hall–Kier alpha value is -3.91. The van der Waals surface area contributed by atoms with Crippen molar-refractivity contribution in [3.63, 3.8) is 0 Å². The molecule has 4 aliphatic rings. The van der Waals surface area contributed by atoms with Gasteiger partial charge in [-0.25, -0.2) is 13.8 Å². The minimum Gasteiger partial charge on any atom is -0.327 e. The number of hydrogen-bond donors (Lipinski definition) is 1. The van der Waals surface area contributed by atoms with Gasteiger partial charge < -0.3 is 10.2 Å². The Balaban J connectivity index is 1.17. The van der Waals surface area contributed by atoms with Gasteiger partial charge in [0.2, 0.25) is 11.8 Å². The largest absolute Gasteiger partial charge is 0.327 e. The number of halogens is 2. The van der Waals surface area contributed by atoms with Crippen LogP contribution in [0.2, 0.25) is 0 Å². The third kappa shape index (κ3) is 3.95. The first-order valence-corrected chi connectivity index (χ1v) is 14.7. The van der Waals surface area contributed by atoms with E-state index in [2.05, 4.69) is 27.3 Å². The second-order valence-corrected chi connectivity index (χ2v) is 12.7. The van der Waals surface area contributed by atoms with Crippen LogP contribution in [0.3, 0.4) is 0 Å². The molecule has 6 nitrogen and oxygen atoms in total. The molecule has 3 aromatic rings. The fourth-order valence-electron chi connectivity index (χ4n) is 7.97. The van der Waals surface area contributed by atoms with Gasteiger partial charge in [0, 0.05) is 30.9 Å². The number of carbonyl (C=O) groups excluding carboxylic acids is 2. The molecule has 1 saturated carbocycles. The van der Waals surface area contributed by atoms with Crippen molar-refractivity contribution in [1.82, 2.24) is 14.8 Å². The van der Waals surface area contributed by atoms with Crippen LogP contribution in [0, 0.1) is 11.6 Å². The molecule has 2 aromatic carbocycles. The topological polar surface area (TPSA) is 65.5 Å². The van der Waals surface area contributed by atoms with E-state index in [0.717, 1.165) is 54.0 Å². The number of rotatable bonds is 4. The number of carbonyl (C=O) groups is 2. The predicted octanol–water partition coefficient (Wildman–Crippen LogP) is 5.36. The number of nitrogens with zero attached hydrogens (tertiary/aromatic N) is 3. The number of piperazine rings is 1. The Labute approximate surface area is 244 Å². The molecule has 8 heteroatoms. The normalized spacial score (nSPS) is 26.4. The minimum absolute atomic E-state index is 0.00742. The molecule has 7 rings (SSSR count). The van der Waals surface area contributed by atoms with Crippen LogP contribution >= 0.6 is 0 Å². The lowest BCUT2D eigenvalue weighted by atomic mass is 9.79. The van der Waals surface area contributed by atoms with Gasteiger partial charge in [0.15, 0.2) is 0 Å². The molecular weight excluding hydrogens is 534 g/mol. The van der Waals surface area contributed by atoms with E-state index in [1.807, 2.05) is 49.2 Å². The lowest BCUT2D eigenvalue weighted by Crippen LogP contribution is -2.70. The van der Waals surface area contributed by atoms with Crippen molar-refractivity contribution in [2.75, 3.05) is 25.5 Å². The van der Waals surface area contributed by atoms with E-state index in [4.69, 9.17) is 0 Å². The first-order chi connectivity index (χ1) is 20.1. The van der Waals surface area contributed by atoms with E-state index in [1.54, 1.807) is 6.20 Å². The second-order valence-electron chi connectivity index (χ2n) is 12.7. The zero-order valence-corrected chi connectivity index (χ0v) is 23.9. The molecule has 1 saturated heterocycles. The molecule has 2 aliphatic heterocycles. The highest BCUT2D eigenvalue weighted by atomic mass is 19.1. The molecule has 3 heterocycles. The summed E-state index contributed by atoms with van der Waals surface area (Å²) in [5, 5.41) is 2.95. The van der Waals surface area contributed by atoms with Crippen LogP contribution in [0.1, 0.15) is 60.4 Å². The molecule has 2 aliphatic carbocycles. The summed E-state index contributed by atoms with van der Waals surface area (Å²) in [6, 6.07) is 13.7. The average molecular weight is 569 g/mol. The van der Waals surface area contributed by atoms with Crippen molar-refractivity contribution in [1.29, 1.82) is 0 Å². The highest BCUT2D eigenvalue weighted by Crippen LogP contribution is 2.47. The van der Waals surface area contributed by atoms with Gasteiger partial charge in [-0.15, -0.1) is 0 Å². The van der Waals surface area contributed by atoms with Gasteiger partial charge in [0.25, 0.3) is 0 Å². The summed E-state index contributed by atoms with van der Waals surface area (Å²) in [5.41, 5.74) is 2.55. The highest BCUT2D eigenvalue weighted by molar-refractivity contribution is 6.06. The van der Waals surface area contributed by atoms with E-state index >= 15 is 0 Å². The molecule has 0 bridgehead atoms. The Morgan fingerprint density at radius 1 is 1.00 bits per heavy atom. The fourth-order valence-corrected chi connectivity index (χ4v) is 7.97. The summed E-state index contributed by atoms with van der Waals surface area (Å²) in [5.74, 6) is -0.645. The summed E-state index contributed by atoms with van der Waals surface area (Å²) >= 11 is 0. The molecule has 0 radical (unpaired) electrons. The third-order valence-electron chi connectivity index (χ3n) is 10.2. The summed E-state index contributed by atoms with van der Waals surface area (Å²) in [6.45, 7) is 2.69. The summed E-state index contributed by atoms with van der Waals surface area (Å²) < 4.78 is 28.7. The van der Waals surface area contributed by atoms with Crippen molar-refractivity contribution in [3.05, 3.63) is 100 Å². The van der Waals surface area contributed by atoms with Crippen LogP contribution in [0.4, 0.5) is 14.6 Å². The number of fused-ring (bicyclic) bond motifs is 3. The number of pyridine rings is 1. The Morgan fingerprint density at radius 3 is 2.50 bits per heavy atom. The van der Waals surface area contributed by atoms with Crippen molar-refractivity contribution >= 4 is 23.7 Å². The number of amides is 2. The van der Waals surface area contributed by atoms with Crippen LogP contribution in [-0.2, 0) is 33.4 Å². The molecule has 216 valence electrons. The van der Waals surface area contributed by atoms with Crippen LogP contribution in [-0.4, -0.2) is 52.3 Å². The quantitative estimate of drug-likeness (QED) is 0.460. The molecule has 1 N–H and O–H groups in total. The van der Waals surface area contributed by atoms with Crippen LogP contribution in [0.25, 0.3) is 6.08 Å². The van der Waals surface area contributed by atoms with Crippen molar-refractivity contribution in [3.8, 4) is 0 Å². The van der Waals surface area contributed by atoms with Crippen LogP contribution < -0.4 is 5.32 Å². The number of nitrogens with one attached hydrogen (secondary N) is 1. The number of aromatic nitrogens is 1. The van der Waals surface area contributed by atoms with Crippen molar-refractivity contribution in [2.24, 2.45) is 0 Å². The average Bonchev–Trinajstić information content (AvgIpc) is 3.66. The molecule has 1 aromatic heterocycles. The van der Waals surface area contributed by atoms with Crippen molar-refractivity contribution in [2.45, 2.75) is 61.9 Å². The predicted molar refractivity (Wildman–Crippen MR) is 157 cm³/mol. The molecular formula is C34H34F2N4O2. The molecule has 42 heavy (non-hydrogen) atoms. The van der Waals surface area contributed by atoms with Gasteiger partial charge in [-0.1, -0.05) is 49.3 Å². The van der Waals surface area contributed by atoms with E-state index < -0.39 is 28.1 Å². The van der Waals surface area contributed by atoms with E-state index in [-0.39, 0.29) is 11.8 Å². The van der Waals surface area contributed by atoms with E-state index in [9.17, 15) is 18.4 Å². The summed E-state index contributed by atoms with van der Waals surface area (Å²) in [6.07, 6.45) is 10.4. The van der Waals surface area contributed by atoms with E-state index in [0.29, 0.717) is 37.3 Å². The third-order valence-corrected chi connectivity index (χ3v) is 10.2. The molecule has 0 unspecified atom stereocenters. The highest BCUT2D eigenvalue weighted by Gasteiger charge is 2.56. The maximum absolute atomic E-state index is 14.4. The molecule has 2 fully saturated rings. The minimum atomic E-state index is -0.908. The van der Waals surface area contributed by atoms with Gasteiger partial charge in [-0.3, -0.25) is 14.5 Å². The maximum atomic E-state index is 14.4. The Bertz CT molecular complexity index is 1630. The zero-order valence-electron chi connectivity index (χ0n) is 23.9. The van der Waals surface area contributed by atoms with Gasteiger partial charge in [-0.05, 0) is 80.1 Å². The Kier molecular flexibility index (Phi) is 6.13. The Morgan fingerprint density at radius 2 is 1.74 bits per heavy atom. The second kappa shape index (κ2) is 9.56. The molecule has 2 spiro atoms. The van der Waals surface area contributed by atoms with Gasteiger partial charge in [-0.2, -0.15) is 0 Å². The lowest BCUT2D eigenvalue weighted by Gasteiger charge is -2.55. The number of hydrogen-bond acceptors (Lipinski definition) is 4. The van der Waals surface area contributed by atoms with Gasteiger partial charge in [0.05, 0.1) is 11.0 Å². The maximum Gasteiger partial charge on any atom is 0.244 e. The first kappa shape index (κ1) is 27.0. The monoisotopic (exact) mass is 568 g/mol. The van der Waals surface area contributed by atoms with Crippen LogP contribution in [0.5, 0.6) is 0 Å². The summed E-state index contributed by atoms with van der Waals surface area (Å²) in [4.78, 5) is 35.6. The summed E-state index contributed by atoms with van der Waals surface area (Å²) in [7, 11) is 1.96. The SMILES string of the molecule is CN1C[C@@](C)(c2cc(F)cc(F)c2)N(C/C=C/c2ccc3c(c2)C[C@@]2(C3)C(=O)Nc3ncccc32)C(=O)C12CCCC2. The zero-order chi connectivity index (χ0) is 29.3. The molecule has 2 amide bonds.